The lowest BCUT2D eigenvalue weighted by Crippen LogP contribution is -2.18. The fraction of sp³-hybridized carbons (Fsp3) is 0.538. The molecule has 3 N–H and O–H groups in total. The number of benzene rings is 1. The van der Waals surface area contributed by atoms with Crippen LogP contribution in [-0.2, 0) is 22.5 Å². The van der Waals surface area contributed by atoms with Crippen molar-refractivity contribution in [2.45, 2.75) is 58.4 Å². The van der Waals surface area contributed by atoms with Gasteiger partial charge in [0, 0.05) is 0 Å². The van der Waals surface area contributed by atoms with Gasteiger partial charge in [0.2, 0.25) is 0 Å². The monoisotopic (exact) mass is 498 g/mol. The maximum atomic E-state index is 12.6. The normalized spacial score (nSPS) is 11.3. The van der Waals surface area contributed by atoms with Gasteiger partial charge in [-0.2, -0.15) is 9.97 Å². The SMILES string of the molecule is CCCCOc1nc(N)c2[nH]c(=O)n(Cc3cccc(CC(=O)OCCCCCCN(C)C)c3)c2n1. The van der Waals surface area contributed by atoms with Crippen LogP contribution in [-0.4, -0.2) is 64.2 Å². The molecule has 0 aliphatic carbocycles. The quantitative estimate of drug-likeness (QED) is 0.242. The fourth-order valence-electron chi connectivity index (χ4n) is 3.86. The molecule has 0 saturated heterocycles. The van der Waals surface area contributed by atoms with Crippen LogP contribution in [0.5, 0.6) is 6.01 Å². The second kappa shape index (κ2) is 13.6. The number of nitrogens with two attached hydrogens (primary N) is 1. The number of aromatic nitrogens is 4. The summed E-state index contributed by atoms with van der Waals surface area (Å²) < 4.78 is 12.5. The Balaban J connectivity index is 1.59. The Hall–Kier alpha value is -3.40. The maximum absolute atomic E-state index is 12.6. The number of esters is 1. The van der Waals surface area contributed by atoms with Gasteiger partial charge in [-0.05, 0) is 51.0 Å². The van der Waals surface area contributed by atoms with Crippen LogP contribution in [0.1, 0.15) is 56.6 Å². The van der Waals surface area contributed by atoms with Crippen molar-refractivity contribution in [1.82, 2.24) is 24.4 Å². The molecule has 3 aromatic rings. The van der Waals surface area contributed by atoms with E-state index in [1.54, 1.807) is 0 Å². The molecule has 196 valence electrons. The molecule has 10 heteroatoms. The molecule has 2 aromatic heterocycles. The van der Waals surface area contributed by atoms with Crippen molar-refractivity contribution >= 4 is 23.0 Å². The third kappa shape index (κ3) is 8.08. The van der Waals surface area contributed by atoms with Gasteiger partial charge in [0.15, 0.2) is 11.5 Å². The van der Waals surface area contributed by atoms with Gasteiger partial charge in [-0.3, -0.25) is 9.36 Å². The van der Waals surface area contributed by atoms with Crippen LogP contribution in [0.25, 0.3) is 11.2 Å². The van der Waals surface area contributed by atoms with Crippen molar-refractivity contribution in [3.8, 4) is 6.01 Å². The second-order valence-corrected chi connectivity index (χ2v) is 9.24. The van der Waals surface area contributed by atoms with Gasteiger partial charge in [-0.1, -0.05) is 50.5 Å². The lowest BCUT2D eigenvalue weighted by molar-refractivity contribution is -0.142. The smallest absolute Gasteiger partial charge is 0.328 e. The predicted octanol–water partition coefficient (Wildman–Crippen LogP) is 3.14. The van der Waals surface area contributed by atoms with Gasteiger partial charge >= 0.3 is 17.7 Å². The second-order valence-electron chi connectivity index (χ2n) is 9.24. The number of carbonyl (C=O) groups is 1. The predicted molar refractivity (Wildman–Crippen MR) is 140 cm³/mol. The van der Waals surface area contributed by atoms with Crippen molar-refractivity contribution < 1.29 is 14.3 Å². The number of H-pyrrole nitrogens is 1. The Bertz CT molecular complexity index is 1190. The zero-order valence-corrected chi connectivity index (χ0v) is 21.6. The first kappa shape index (κ1) is 27.2. The molecule has 36 heavy (non-hydrogen) atoms. The van der Waals surface area contributed by atoms with Gasteiger partial charge in [0.25, 0.3) is 0 Å². The van der Waals surface area contributed by atoms with Gasteiger partial charge in [0.1, 0.15) is 5.52 Å². The summed E-state index contributed by atoms with van der Waals surface area (Å²) in [5.41, 5.74) is 8.14. The number of nitrogen functional groups attached to an aromatic ring is 1. The minimum Gasteiger partial charge on any atom is -0.465 e. The van der Waals surface area contributed by atoms with Crippen LogP contribution in [0.3, 0.4) is 0 Å². The molecule has 0 radical (unpaired) electrons. The molecule has 0 fully saturated rings. The lowest BCUT2D eigenvalue weighted by Gasteiger charge is -2.09. The molecule has 2 heterocycles. The zero-order valence-electron chi connectivity index (χ0n) is 21.6. The number of fused-ring (bicyclic) bond motifs is 1. The number of anilines is 1. The van der Waals surface area contributed by atoms with Crippen molar-refractivity contribution in [1.29, 1.82) is 0 Å². The van der Waals surface area contributed by atoms with Gasteiger partial charge in [0.05, 0.1) is 26.2 Å². The Kier molecular flexibility index (Phi) is 10.3. The standard InChI is InChI=1S/C26H38N6O4/c1-4-5-14-36-25-29-23(27)22-24(30-25)32(26(34)28-22)18-20-12-10-11-19(16-20)17-21(33)35-15-9-7-6-8-13-31(2)3/h10-12,16H,4-9,13-15,17-18H2,1-3H3,(H,28,34)(H2,27,29,30). The van der Waals surface area contributed by atoms with Gasteiger partial charge < -0.3 is 25.1 Å². The Labute approximate surface area is 211 Å². The Morgan fingerprint density at radius 3 is 2.64 bits per heavy atom. The average molecular weight is 499 g/mol. The molecule has 0 amide bonds. The number of aromatic amines is 1. The van der Waals surface area contributed by atoms with Crippen LogP contribution in [0.15, 0.2) is 29.1 Å². The lowest BCUT2D eigenvalue weighted by atomic mass is 10.1. The molecule has 0 atom stereocenters. The average Bonchev–Trinajstić information content (AvgIpc) is 3.14. The summed E-state index contributed by atoms with van der Waals surface area (Å²) in [6.45, 7) is 4.32. The van der Waals surface area contributed by atoms with E-state index >= 15 is 0 Å². The van der Waals surface area contributed by atoms with E-state index in [-0.39, 0.29) is 36.5 Å². The molecule has 0 aliphatic rings. The highest BCUT2D eigenvalue weighted by molar-refractivity contribution is 5.82. The van der Waals surface area contributed by atoms with Crippen LogP contribution >= 0.6 is 0 Å². The summed E-state index contributed by atoms with van der Waals surface area (Å²) in [5, 5.41) is 0. The molecule has 3 rings (SSSR count). The van der Waals surface area contributed by atoms with Crippen molar-refractivity contribution in [3.63, 3.8) is 0 Å². The Morgan fingerprint density at radius 1 is 1.08 bits per heavy atom. The van der Waals surface area contributed by atoms with Crippen molar-refractivity contribution in [3.05, 3.63) is 45.9 Å². The molecule has 0 unspecified atom stereocenters. The summed E-state index contributed by atoms with van der Waals surface area (Å²) in [6, 6.07) is 7.69. The van der Waals surface area contributed by atoms with E-state index < -0.39 is 0 Å². The minimum absolute atomic E-state index is 0.149. The summed E-state index contributed by atoms with van der Waals surface area (Å²) in [7, 11) is 4.14. The van der Waals surface area contributed by atoms with Crippen molar-refractivity contribution in [2.24, 2.45) is 0 Å². The highest BCUT2D eigenvalue weighted by Crippen LogP contribution is 2.19. The molecule has 0 bridgehead atoms. The van der Waals surface area contributed by atoms with E-state index in [0.29, 0.717) is 24.4 Å². The molecule has 0 aliphatic heterocycles. The number of hydrogen-bond donors (Lipinski definition) is 2. The summed E-state index contributed by atoms with van der Waals surface area (Å²) in [5.74, 6) is -0.0874. The molecule has 1 aromatic carbocycles. The van der Waals surface area contributed by atoms with E-state index in [9.17, 15) is 9.59 Å². The first-order chi connectivity index (χ1) is 17.4. The maximum Gasteiger partial charge on any atom is 0.328 e. The third-order valence-corrected chi connectivity index (χ3v) is 5.80. The topological polar surface area (TPSA) is 128 Å². The number of rotatable bonds is 15. The minimum atomic E-state index is -0.341. The number of imidazole rings is 1. The van der Waals surface area contributed by atoms with E-state index in [1.807, 2.05) is 24.3 Å². The van der Waals surface area contributed by atoms with Gasteiger partial charge in [-0.15, -0.1) is 0 Å². The van der Waals surface area contributed by atoms with Crippen LogP contribution in [0.2, 0.25) is 0 Å². The number of unbranched alkanes of at least 4 members (excludes halogenated alkanes) is 4. The van der Waals surface area contributed by atoms with E-state index in [2.05, 4.69) is 40.9 Å². The number of nitrogens with zero attached hydrogens (tertiary/aromatic N) is 4. The largest absolute Gasteiger partial charge is 0.465 e. The fourth-order valence-corrected chi connectivity index (χ4v) is 3.86. The number of carbonyl (C=O) groups excluding carboxylic acids is 1. The zero-order chi connectivity index (χ0) is 25.9. The van der Waals surface area contributed by atoms with E-state index in [0.717, 1.165) is 56.2 Å². The first-order valence-electron chi connectivity index (χ1n) is 12.6. The molecule has 10 nitrogen and oxygen atoms in total. The summed E-state index contributed by atoms with van der Waals surface area (Å²) >= 11 is 0. The molecular weight excluding hydrogens is 460 g/mol. The van der Waals surface area contributed by atoms with E-state index in [4.69, 9.17) is 15.2 Å². The summed E-state index contributed by atoms with van der Waals surface area (Å²) in [4.78, 5) is 38.4. The van der Waals surface area contributed by atoms with Crippen LogP contribution in [0, 0.1) is 0 Å². The third-order valence-electron chi connectivity index (χ3n) is 5.80. The number of ether oxygens (including phenoxy) is 2. The Morgan fingerprint density at radius 2 is 1.86 bits per heavy atom. The molecule has 0 saturated carbocycles. The van der Waals surface area contributed by atoms with Crippen LogP contribution in [0.4, 0.5) is 5.82 Å². The highest BCUT2D eigenvalue weighted by Gasteiger charge is 2.15. The molecular formula is C26H38N6O4. The number of hydrogen-bond acceptors (Lipinski definition) is 8. The van der Waals surface area contributed by atoms with Gasteiger partial charge in [-0.25, -0.2) is 4.79 Å². The van der Waals surface area contributed by atoms with E-state index in [1.165, 1.54) is 4.57 Å². The number of nitrogens with one attached hydrogen (secondary N) is 1. The molecule has 0 spiro atoms. The first-order valence-corrected chi connectivity index (χ1v) is 12.6. The van der Waals surface area contributed by atoms with Crippen LogP contribution < -0.4 is 16.2 Å². The van der Waals surface area contributed by atoms with Crippen molar-refractivity contribution in [2.75, 3.05) is 39.6 Å². The highest BCUT2D eigenvalue weighted by atomic mass is 16.5. The summed E-state index contributed by atoms with van der Waals surface area (Å²) in [6.07, 6.45) is 6.24.